The van der Waals surface area contributed by atoms with Crippen LogP contribution in [-0.2, 0) is 13.0 Å². The SMILES string of the molecule is CCCCc1nnn(Cc2ccccc2)c1C#Cc1ccccc1. The predicted octanol–water partition coefficient (Wildman–Crippen LogP) is 4.07. The summed E-state index contributed by atoms with van der Waals surface area (Å²) in [5, 5.41) is 8.71. The molecule has 120 valence electrons. The summed E-state index contributed by atoms with van der Waals surface area (Å²) < 4.78 is 1.91. The number of hydrogen-bond donors (Lipinski definition) is 0. The van der Waals surface area contributed by atoms with E-state index in [1.54, 1.807) is 0 Å². The highest BCUT2D eigenvalue weighted by Gasteiger charge is 2.11. The van der Waals surface area contributed by atoms with Crippen molar-refractivity contribution in [1.82, 2.24) is 15.0 Å². The summed E-state index contributed by atoms with van der Waals surface area (Å²) in [4.78, 5) is 0. The van der Waals surface area contributed by atoms with E-state index >= 15 is 0 Å². The van der Waals surface area contributed by atoms with Crippen molar-refractivity contribution in [3.05, 3.63) is 83.2 Å². The highest BCUT2D eigenvalue weighted by molar-refractivity contribution is 5.41. The Balaban J connectivity index is 1.91. The van der Waals surface area contributed by atoms with Crippen molar-refractivity contribution in [3.63, 3.8) is 0 Å². The van der Waals surface area contributed by atoms with Crippen molar-refractivity contribution in [1.29, 1.82) is 0 Å². The molecule has 2 aromatic carbocycles. The minimum Gasteiger partial charge on any atom is -0.232 e. The van der Waals surface area contributed by atoms with Gasteiger partial charge in [0.15, 0.2) is 0 Å². The summed E-state index contributed by atoms with van der Waals surface area (Å²) in [6, 6.07) is 20.3. The summed E-state index contributed by atoms with van der Waals surface area (Å²) in [6.45, 7) is 2.88. The van der Waals surface area contributed by atoms with E-state index in [1.807, 2.05) is 53.2 Å². The van der Waals surface area contributed by atoms with Crippen LogP contribution in [0.15, 0.2) is 60.7 Å². The molecule has 3 aromatic rings. The van der Waals surface area contributed by atoms with Gasteiger partial charge in [0.25, 0.3) is 0 Å². The van der Waals surface area contributed by atoms with Crippen molar-refractivity contribution in [2.24, 2.45) is 0 Å². The molecule has 0 atom stereocenters. The molecule has 0 aliphatic carbocycles. The van der Waals surface area contributed by atoms with Gasteiger partial charge in [0.05, 0.1) is 12.2 Å². The maximum absolute atomic E-state index is 4.37. The zero-order valence-corrected chi connectivity index (χ0v) is 13.9. The Morgan fingerprint density at radius 1 is 0.917 bits per heavy atom. The Morgan fingerprint density at radius 2 is 1.62 bits per heavy atom. The Bertz CT molecular complexity index is 824. The van der Waals surface area contributed by atoms with E-state index < -0.39 is 0 Å². The minimum atomic E-state index is 0.693. The molecule has 0 amide bonds. The van der Waals surface area contributed by atoms with Gasteiger partial charge >= 0.3 is 0 Å². The van der Waals surface area contributed by atoms with Crippen LogP contribution in [0, 0.1) is 11.8 Å². The first-order chi connectivity index (χ1) is 11.9. The summed E-state index contributed by atoms with van der Waals surface area (Å²) in [7, 11) is 0. The van der Waals surface area contributed by atoms with Crippen molar-refractivity contribution in [2.45, 2.75) is 32.7 Å². The molecule has 0 aliphatic rings. The number of benzene rings is 2. The smallest absolute Gasteiger partial charge is 0.135 e. The Labute approximate surface area is 143 Å². The zero-order valence-electron chi connectivity index (χ0n) is 13.9. The molecule has 3 rings (SSSR count). The summed E-state index contributed by atoms with van der Waals surface area (Å²) in [5.41, 5.74) is 4.13. The molecule has 3 nitrogen and oxygen atoms in total. The second kappa shape index (κ2) is 8.12. The summed E-state index contributed by atoms with van der Waals surface area (Å²) >= 11 is 0. The van der Waals surface area contributed by atoms with Crippen LogP contribution >= 0.6 is 0 Å². The van der Waals surface area contributed by atoms with E-state index in [9.17, 15) is 0 Å². The average Bonchev–Trinajstić information content (AvgIpc) is 3.01. The third kappa shape index (κ3) is 4.11. The topological polar surface area (TPSA) is 30.7 Å². The van der Waals surface area contributed by atoms with Crippen LogP contribution in [0.1, 0.15) is 42.3 Å². The zero-order chi connectivity index (χ0) is 16.6. The average molecular weight is 315 g/mol. The third-order valence-corrected chi connectivity index (χ3v) is 3.85. The van der Waals surface area contributed by atoms with Gasteiger partial charge in [-0.3, -0.25) is 0 Å². The van der Waals surface area contributed by atoms with Gasteiger partial charge in [0, 0.05) is 5.56 Å². The molecule has 1 aromatic heterocycles. The molecule has 24 heavy (non-hydrogen) atoms. The highest BCUT2D eigenvalue weighted by Crippen LogP contribution is 2.11. The molecule has 0 fully saturated rings. The van der Waals surface area contributed by atoms with Crippen LogP contribution in [0.4, 0.5) is 0 Å². The number of aromatic nitrogens is 3. The molecular formula is C21H21N3. The number of rotatable bonds is 5. The number of hydrogen-bond acceptors (Lipinski definition) is 2. The highest BCUT2D eigenvalue weighted by atomic mass is 15.4. The van der Waals surface area contributed by atoms with Crippen LogP contribution in [-0.4, -0.2) is 15.0 Å². The van der Waals surface area contributed by atoms with Crippen molar-refractivity contribution in [2.75, 3.05) is 0 Å². The van der Waals surface area contributed by atoms with Crippen LogP contribution in [0.2, 0.25) is 0 Å². The molecule has 0 N–H and O–H groups in total. The second-order valence-electron chi connectivity index (χ2n) is 5.75. The van der Waals surface area contributed by atoms with Gasteiger partial charge in [-0.2, -0.15) is 0 Å². The first kappa shape index (κ1) is 16.0. The largest absolute Gasteiger partial charge is 0.232 e. The van der Waals surface area contributed by atoms with E-state index in [2.05, 4.69) is 41.2 Å². The van der Waals surface area contributed by atoms with Gasteiger partial charge in [-0.05, 0) is 36.5 Å². The number of nitrogens with zero attached hydrogens (tertiary/aromatic N) is 3. The van der Waals surface area contributed by atoms with E-state index in [0.29, 0.717) is 6.54 Å². The van der Waals surface area contributed by atoms with Crippen LogP contribution in [0.3, 0.4) is 0 Å². The van der Waals surface area contributed by atoms with Gasteiger partial charge in [0.2, 0.25) is 0 Å². The van der Waals surface area contributed by atoms with Gasteiger partial charge in [-0.1, -0.05) is 73.0 Å². The summed E-state index contributed by atoms with van der Waals surface area (Å²) in [5.74, 6) is 6.53. The molecule has 1 heterocycles. The van der Waals surface area contributed by atoms with Crippen molar-refractivity contribution < 1.29 is 0 Å². The van der Waals surface area contributed by atoms with Crippen molar-refractivity contribution in [3.8, 4) is 11.8 Å². The maximum Gasteiger partial charge on any atom is 0.135 e. The molecule has 0 saturated carbocycles. The molecule has 0 radical (unpaired) electrons. The molecule has 0 saturated heterocycles. The van der Waals surface area contributed by atoms with Gasteiger partial charge in [-0.25, -0.2) is 4.68 Å². The fraction of sp³-hybridized carbons (Fsp3) is 0.238. The standard InChI is InChI=1S/C21H21N3/c1-2-3-14-20-21(16-15-18-10-6-4-7-11-18)24(23-22-20)17-19-12-8-5-9-13-19/h4-13H,2-3,14,17H2,1H3. The van der Waals surface area contributed by atoms with Gasteiger partial charge < -0.3 is 0 Å². The molecule has 3 heteroatoms. The number of aryl methyl sites for hydroxylation is 1. The molecular weight excluding hydrogens is 294 g/mol. The Kier molecular flexibility index (Phi) is 5.42. The lowest BCUT2D eigenvalue weighted by atomic mass is 10.1. The fourth-order valence-electron chi connectivity index (χ4n) is 2.52. The lowest BCUT2D eigenvalue weighted by Crippen LogP contribution is -2.05. The first-order valence-electron chi connectivity index (χ1n) is 8.40. The van der Waals surface area contributed by atoms with Gasteiger partial charge in [0.1, 0.15) is 5.69 Å². The third-order valence-electron chi connectivity index (χ3n) is 3.85. The van der Waals surface area contributed by atoms with E-state index in [4.69, 9.17) is 0 Å². The normalized spacial score (nSPS) is 10.2. The van der Waals surface area contributed by atoms with E-state index in [-0.39, 0.29) is 0 Å². The fourth-order valence-corrected chi connectivity index (χ4v) is 2.52. The number of unbranched alkanes of at least 4 members (excludes halogenated alkanes) is 1. The first-order valence-corrected chi connectivity index (χ1v) is 8.40. The van der Waals surface area contributed by atoms with E-state index in [0.717, 1.165) is 36.2 Å². The summed E-state index contributed by atoms with van der Waals surface area (Å²) in [6.07, 6.45) is 3.16. The Hall–Kier alpha value is -2.86. The predicted molar refractivity (Wildman–Crippen MR) is 96.6 cm³/mol. The van der Waals surface area contributed by atoms with E-state index in [1.165, 1.54) is 5.56 Å². The monoisotopic (exact) mass is 315 g/mol. The molecule has 0 bridgehead atoms. The molecule has 0 spiro atoms. The maximum atomic E-state index is 4.37. The Morgan fingerprint density at radius 3 is 2.33 bits per heavy atom. The van der Waals surface area contributed by atoms with Crippen LogP contribution < -0.4 is 0 Å². The molecule has 0 aliphatic heterocycles. The minimum absolute atomic E-state index is 0.693. The quantitative estimate of drug-likeness (QED) is 0.665. The lowest BCUT2D eigenvalue weighted by molar-refractivity contribution is 0.643. The lowest BCUT2D eigenvalue weighted by Gasteiger charge is -2.03. The van der Waals surface area contributed by atoms with Gasteiger partial charge in [-0.15, -0.1) is 5.10 Å². The van der Waals surface area contributed by atoms with Crippen LogP contribution in [0.5, 0.6) is 0 Å². The van der Waals surface area contributed by atoms with Crippen molar-refractivity contribution >= 4 is 0 Å². The van der Waals surface area contributed by atoms with Crippen LogP contribution in [0.25, 0.3) is 0 Å². The molecule has 0 unspecified atom stereocenters. The second-order valence-corrected chi connectivity index (χ2v) is 5.75.